The van der Waals surface area contributed by atoms with Gasteiger partial charge in [-0.3, -0.25) is 14.9 Å². The van der Waals surface area contributed by atoms with E-state index in [-0.39, 0.29) is 17.6 Å². The summed E-state index contributed by atoms with van der Waals surface area (Å²) in [6.45, 7) is 10.9. The smallest absolute Gasteiger partial charge is 0.110 e. The Morgan fingerprint density at radius 2 is 1.76 bits per heavy atom. The minimum atomic E-state index is -0.331. The minimum absolute atomic E-state index is 0.0484. The van der Waals surface area contributed by atoms with Gasteiger partial charge < -0.3 is 10.6 Å². The lowest BCUT2D eigenvalue weighted by atomic mass is 9.98. The van der Waals surface area contributed by atoms with E-state index in [1.807, 2.05) is 53.3 Å². The molecule has 6 rings (SSSR count). The van der Waals surface area contributed by atoms with Crippen LogP contribution in [0.2, 0.25) is 5.02 Å². The highest BCUT2D eigenvalue weighted by Gasteiger charge is 2.29. The normalized spacial score (nSPS) is 15.8. The van der Waals surface area contributed by atoms with Gasteiger partial charge in [0, 0.05) is 54.3 Å². The quantitative estimate of drug-likeness (QED) is 0.183. The number of likely N-dealkylation sites (tertiary alicyclic amines) is 1. The van der Waals surface area contributed by atoms with Crippen molar-refractivity contribution >= 4 is 33.9 Å². The Kier molecular flexibility index (Phi) is 8.70. The third kappa shape index (κ3) is 6.63. The van der Waals surface area contributed by atoms with Gasteiger partial charge in [0.1, 0.15) is 11.8 Å². The number of rotatable bonds is 8. The van der Waals surface area contributed by atoms with Crippen LogP contribution in [-0.4, -0.2) is 48.5 Å². The Morgan fingerprint density at radius 1 is 1.00 bits per heavy atom. The zero-order chi connectivity index (χ0) is 31.6. The van der Waals surface area contributed by atoms with Crippen molar-refractivity contribution in [2.24, 2.45) is 0 Å². The first-order valence-corrected chi connectivity index (χ1v) is 15.8. The lowest BCUT2D eigenvalue weighted by Gasteiger charge is -2.40. The molecule has 1 aliphatic rings. The molecule has 2 aromatic carbocycles. The van der Waals surface area contributed by atoms with Gasteiger partial charge in [0.25, 0.3) is 0 Å². The average molecular weight is 620 g/mol. The van der Waals surface area contributed by atoms with Crippen LogP contribution < -0.4 is 10.6 Å². The molecular formula is C35H38ClN9. The van der Waals surface area contributed by atoms with Gasteiger partial charge in [-0.25, -0.2) is 4.68 Å². The minimum Gasteiger partial charge on any atom is -0.377 e. The van der Waals surface area contributed by atoms with Crippen LogP contribution in [-0.2, 0) is 0 Å². The number of hydrogen-bond acceptors (Lipinski definition) is 8. The van der Waals surface area contributed by atoms with Gasteiger partial charge in [0.2, 0.25) is 0 Å². The molecule has 2 atom stereocenters. The predicted molar refractivity (Wildman–Crippen MR) is 179 cm³/mol. The predicted octanol–water partition coefficient (Wildman–Crippen LogP) is 7.56. The molecule has 4 heterocycles. The third-order valence-corrected chi connectivity index (χ3v) is 8.93. The van der Waals surface area contributed by atoms with E-state index in [0.717, 1.165) is 53.8 Å². The number of aromatic nitrogens is 5. The maximum Gasteiger partial charge on any atom is 0.110 e. The largest absolute Gasteiger partial charge is 0.377 e. The van der Waals surface area contributed by atoms with Crippen LogP contribution in [0.3, 0.4) is 0 Å². The molecule has 2 unspecified atom stereocenters. The Bertz CT molecular complexity index is 1800. The maximum atomic E-state index is 10.0. The summed E-state index contributed by atoms with van der Waals surface area (Å²) in [5, 5.41) is 27.7. The van der Waals surface area contributed by atoms with Gasteiger partial charge >= 0.3 is 0 Å². The number of anilines is 2. The van der Waals surface area contributed by atoms with Crippen molar-refractivity contribution < 1.29 is 0 Å². The monoisotopic (exact) mass is 619 g/mol. The summed E-state index contributed by atoms with van der Waals surface area (Å²) in [5.41, 5.74) is 5.53. The van der Waals surface area contributed by atoms with Crippen molar-refractivity contribution in [1.29, 1.82) is 5.26 Å². The summed E-state index contributed by atoms with van der Waals surface area (Å²) >= 11 is 6.85. The van der Waals surface area contributed by atoms with E-state index in [1.165, 1.54) is 0 Å². The molecule has 0 aliphatic carbocycles. The molecule has 10 heteroatoms. The van der Waals surface area contributed by atoms with E-state index in [0.29, 0.717) is 27.8 Å². The van der Waals surface area contributed by atoms with Crippen LogP contribution >= 0.6 is 11.6 Å². The average Bonchev–Trinajstić information content (AvgIpc) is 3.54. The molecule has 3 aromatic heterocycles. The Balaban J connectivity index is 1.33. The Morgan fingerprint density at radius 3 is 2.44 bits per heavy atom. The first-order chi connectivity index (χ1) is 21.7. The second kappa shape index (κ2) is 12.8. The summed E-state index contributed by atoms with van der Waals surface area (Å²) in [7, 11) is 0. The zero-order valence-electron chi connectivity index (χ0n) is 26.1. The molecule has 0 saturated carbocycles. The van der Waals surface area contributed by atoms with E-state index in [2.05, 4.69) is 87.9 Å². The number of nitriles is 1. The number of halogens is 1. The van der Waals surface area contributed by atoms with E-state index < -0.39 is 0 Å². The second-order valence-electron chi connectivity index (χ2n) is 12.7. The fraction of sp³-hybridized carbons (Fsp3) is 0.343. The Labute approximate surface area is 269 Å². The molecule has 230 valence electrons. The van der Waals surface area contributed by atoms with Crippen molar-refractivity contribution in [2.45, 2.75) is 64.2 Å². The number of nitrogens with zero attached hydrogens (tertiary/aromatic N) is 7. The summed E-state index contributed by atoms with van der Waals surface area (Å²) in [6.07, 6.45) is 9.27. The first-order valence-electron chi connectivity index (χ1n) is 15.4. The summed E-state index contributed by atoms with van der Waals surface area (Å²) < 4.78 is 2.02. The fourth-order valence-electron chi connectivity index (χ4n) is 6.07. The highest BCUT2D eigenvalue weighted by Crippen LogP contribution is 2.37. The van der Waals surface area contributed by atoms with Crippen molar-refractivity contribution in [3.05, 3.63) is 107 Å². The van der Waals surface area contributed by atoms with Crippen molar-refractivity contribution in [1.82, 2.24) is 29.9 Å². The number of benzene rings is 2. The zero-order valence-corrected chi connectivity index (χ0v) is 26.8. The lowest BCUT2D eigenvalue weighted by Crippen LogP contribution is -2.46. The van der Waals surface area contributed by atoms with Crippen LogP contribution in [0.25, 0.3) is 10.9 Å². The number of nitrogens with one attached hydrogen (secondary N) is 2. The van der Waals surface area contributed by atoms with Gasteiger partial charge in [0.15, 0.2) is 0 Å². The molecule has 0 spiro atoms. The molecule has 2 N–H and O–H groups in total. The molecule has 1 aliphatic heterocycles. The van der Waals surface area contributed by atoms with Crippen molar-refractivity contribution in [3.8, 4) is 6.07 Å². The number of fused-ring (bicyclic) bond motifs is 1. The maximum absolute atomic E-state index is 10.0. The van der Waals surface area contributed by atoms with Crippen LogP contribution in [0.4, 0.5) is 11.4 Å². The second-order valence-corrected chi connectivity index (χ2v) is 13.1. The van der Waals surface area contributed by atoms with Gasteiger partial charge in [-0.2, -0.15) is 5.26 Å². The highest BCUT2D eigenvalue weighted by atomic mass is 35.5. The van der Waals surface area contributed by atoms with Crippen LogP contribution in [0.1, 0.15) is 81.0 Å². The molecule has 5 aromatic rings. The molecule has 0 radical (unpaired) electrons. The van der Waals surface area contributed by atoms with Gasteiger partial charge in [-0.05, 0) is 69.9 Å². The van der Waals surface area contributed by atoms with Crippen LogP contribution in [0.5, 0.6) is 0 Å². The van der Waals surface area contributed by atoms with Crippen LogP contribution in [0.15, 0.2) is 79.4 Å². The SMILES string of the molecule is CC(Nc1c(C#N)cnc2c(Cl)cc(NC(c3cccnc3)c3cn(C4CCN(C(C)(C)C)CC4)nn3)cc12)c1ccccc1. The molecule has 0 bridgehead atoms. The van der Waals surface area contributed by atoms with Gasteiger partial charge in [-0.15, -0.1) is 5.10 Å². The molecule has 9 nitrogen and oxygen atoms in total. The standard InChI is InChI=1S/C35H38ClN9/c1-23(24-9-6-5-7-10-24)40-32-26(19-37)21-39-34-29(32)17-27(18-30(34)36)41-33(25-11-8-14-38-20-25)31-22-45(43-42-31)28-12-15-44(16-13-28)35(2,3)4/h5-11,14,17-18,20-23,28,33,41H,12-13,15-16H2,1-4H3,(H,39,40). The summed E-state index contributed by atoms with van der Waals surface area (Å²) in [6, 6.07) is 20.1. The topological polar surface area (TPSA) is 108 Å². The number of pyridine rings is 2. The highest BCUT2D eigenvalue weighted by molar-refractivity contribution is 6.35. The van der Waals surface area contributed by atoms with E-state index >= 15 is 0 Å². The van der Waals surface area contributed by atoms with Gasteiger partial charge in [0.05, 0.1) is 40.1 Å². The number of piperidine rings is 1. The summed E-state index contributed by atoms with van der Waals surface area (Å²) in [4.78, 5) is 11.5. The van der Waals surface area contributed by atoms with Gasteiger partial charge in [-0.1, -0.05) is 53.2 Å². The Hall–Kier alpha value is -4.52. The molecule has 1 saturated heterocycles. The van der Waals surface area contributed by atoms with Crippen LogP contribution in [0, 0.1) is 11.3 Å². The molecule has 1 fully saturated rings. The van der Waals surface area contributed by atoms with E-state index in [9.17, 15) is 5.26 Å². The van der Waals surface area contributed by atoms with Crippen molar-refractivity contribution in [2.75, 3.05) is 23.7 Å². The first kappa shape index (κ1) is 30.5. The molecular weight excluding hydrogens is 582 g/mol. The summed E-state index contributed by atoms with van der Waals surface area (Å²) in [5.74, 6) is 0. The lowest BCUT2D eigenvalue weighted by molar-refractivity contribution is 0.0866. The van der Waals surface area contributed by atoms with Crippen molar-refractivity contribution in [3.63, 3.8) is 0 Å². The molecule has 45 heavy (non-hydrogen) atoms. The third-order valence-electron chi connectivity index (χ3n) is 8.65. The van der Waals surface area contributed by atoms with E-state index in [4.69, 9.17) is 11.6 Å². The number of hydrogen-bond donors (Lipinski definition) is 2. The molecule has 0 amide bonds. The van der Waals surface area contributed by atoms with E-state index in [1.54, 1.807) is 12.4 Å². The fourth-order valence-corrected chi connectivity index (χ4v) is 6.34.